The van der Waals surface area contributed by atoms with Crippen molar-refractivity contribution < 1.29 is 38.1 Å². The van der Waals surface area contributed by atoms with E-state index in [0.29, 0.717) is 13.2 Å². The third-order valence-corrected chi connectivity index (χ3v) is 4.06. The first-order valence-corrected chi connectivity index (χ1v) is 8.30. The molecule has 0 bridgehead atoms. The number of benzene rings is 1. The summed E-state index contributed by atoms with van der Waals surface area (Å²) in [5.41, 5.74) is 0.132. The predicted molar refractivity (Wildman–Crippen MR) is 88.1 cm³/mol. The first-order valence-electron chi connectivity index (χ1n) is 8.30. The lowest BCUT2D eigenvalue weighted by atomic mass is 10.1. The highest BCUT2D eigenvalue weighted by atomic mass is 16.6. The molecule has 9 nitrogen and oxygen atoms in total. The van der Waals surface area contributed by atoms with Crippen LogP contribution < -0.4 is 4.90 Å². The number of imide groups is 1. The molecule has 3 heterocycles. The lowest BCUT2D eigenvalue weighted by molar-refractivity contribution is -0.120. The summed E-state index contributed by atoms with van der Waals surface area (Å²) in [6, 6.07) is 3.94. The fourth-order valence-corrected chi connectivity index (χ4v) is 2.46. The lowest BCUT2D eigenvalue weighted by Crippen LogP contribution is -2.30. The van der Waals surface area contributed by atoms with Gasteiger partial charge in [0.2, 0.25) is 0 Å². The van der Waals surface area contributed by atoms with Gasteiger partial charge in [-0.1, -0.05) is 0 Å². The van der Waals surface area contributed by atoms with Crippen LogP contribution in [0.1, 0.15) is 20.7 Å². The van der Waals surface area contributed by atoms with Crippen molar-refractivity contribution in [2.75, 3.05) is 31.3 Å². The van der Waals surface area contributed by atoms with E-state index in [-0.39, 0.29) is 42.2 Å². The lowest BCUT2D eigenvalue weighted by Gasteiger charge is -2.16. The summed E-state index contributed by atoms with van der Waals surface area (Å²) in [6.45, 7) is 1.23. The molecule has 2 unspecified atom stereocenters. The zero-order chi connectivity index (χ0) is 19.0. The van der Waals surface area contributed by atoms with E-state index in [0.717, 1.165) is 17.1 Å². The van der Waals surface area contributed by atoms with Crippen LogP contribution in [0.3, 0.4) is 0 Å². The second-order valence-electron chi connectivity index (χ2n) is 6.22. The van der Waals surface area contributed by atoms with Crippen LogP contribution in [0.2, 0.25) is 0 Å². The van der Waals surface area contributed by atoms with Gasteiger partial charge in [0.25, 0.3) is 11.8 Å². The fourth-order valence-electron chi connectivity index (χ4n) is 2.46. The van der Waals surface area contributed by atoms with Crippen molar-refractivity contribution >= 4 is 29.4 Å². The minimum atomic E-state index is -0.695. The molecule has 1 aromatic carbocycles. The van der Waals surface area contributed by atoms with Crippen LogP contribution in [-0.2, 0) is 28.5 Å². The number of carbonyl (C=O) groups excluding carboxylic acids is 4. The van der Waals surface area contributed by atoms with Crippen LogP contribution in [-0.4, -0.2) is 62.4 Å². The summed E-state index contributed by atoms with van der Waals surface area (Å²) in [5.74, 6) is -2.52. The molecular formula is C18H15NO8. The predicted octanol–water partition coefficient (Wildman–Crippen LogP) is 0.227. The van der Waals surface area contributed by atoms with Gasteiger partial charge in [0, 0.05) is 12.2 Å². The monoisotopic (exact) mass is 373 g/mol. The van der Waals surface area contributed by atoms with Gasteiger partial charge in [0.1, 0.15) is 25.4 Å². The van der Waals surface area contributed by atoms with Crippen molar-refractivity contribution in [3.05, 3.63) is 41.5 Å². The average molecular weight is 373 g/mol. The largest absolute Gasteiger partial charge is 0.459 e. The summed E-state index contributed by atoms with van der Waals surface area (Å²) in [6.07, 6.45) is 1.98. The molecule has 2 atom stereocenters. The summed E-state index contributed by atoms with van der Waals surface area (Å²) in [7, 11) is 0. The van der Waals surface area contributed by atoms with E-state index >= 15 is 0 Å². The van der Waals surface area contributed by atoms with E-state index in [4.69, 9.17) is 18.9 Å². The number of nitrogens with zero attached hydrogens (tertiary/aromatic N) is 1. The molecule has 0 saturated carbocycles. The van der Waals surface area contributed by atoms with Gasteiger partial charge < -0.3 is 18.9 Å². The molecule has 0 N–H and O–H groups in total. The quantitative estimate of drug-likeness (QED) is 0.379. The fraction of sp³-hybridized carbons (Fsp3) is 0.333. The minimum Gasteiger partial charge on any atom is -0.459 e. The molecule has 0 spiro atoms. The zero-order valence-corrected chi connectivity index (χ0v) is 14.1. The van der Waals surface area contributed by atoms with E-state index in [1.165, 1.54) is 18.2 Å². The third kappa shape index (κ3) is 4.04. The Morgan fingerprint density at radius 1 is 0.889 bits per heavy atom. The minimum absolute atomic E-state index is 0.0234. The average Bonchev–Trinajstić information content (AvgIpc) is 3.57. The van der Waals surface area contributed by atoms with Gasteiger partial charge in [-0.15, -0.1) is 0 Å². The topological polar surface area (TPSA) is 115 Å². The number of esters is 2. The Morgan fingerprint density at radius 2 is 1.33 bits per heavy atom. The molecule has 0 radical (unpaired) electrons. The molecule has 0 aromatic heterocycles. The molecule has 2 fully saturated rings. The number of ether oxygens (including phenoxy) is 4. The van der Waals surface area contributed by atoms with Gasteiger partial charge in [-0.2, -0.15) is 0 Å². The second-order valence-corrected chi connectivity index (χ2v) is 6.22. The van der Waals surface area contributed by atoms with Gasteiger partial charge in [-0.25, -0.2) is 14.5 Å². The maximum atomic E-state index is 12.3. The molecule has 3 aliphatic rings. The Bertz CT molecular complexity index is 789. The Labute approximate surface area is 153 Å². The molecule has 2 amide bonds. The normalized spacial score (nSPS) is 22.7. The maximum Gasteiger partial charge on any atom is 0.338 e. The Morgan fingerprint density at radius 3 is 1.74 bits per heavy atom. The molecule has 0 aliphatic carbocycles. The molecule has 9 heteroatoms. The SMILES string of the molecule is O=C(OCC1CO1)c1cc(C(=O)OCC2CO2)cc(N2C(=O)C=CC2=O)c1. The summed E-state index contributed by atoms with van der Waals surface area (Å²) < 4.78 is 20.2. The highest BCUT2D eigenvalue weighted by Gasteiger charge is 2.29. The Hall–Kier alpha value is -3.04. The van der Waals surface area contributed by atoms with Crippen molar-refractivity contribution in [2.45, 2.75) is 12.2 Å². The first-order chi connectivity index (χ1) is 13.0. The summed E-state index contributed by atoms with van der Waals surface area (Å²) in [5, 5.41) is 0. The summed E-state index contributed by atoms with van der Waals surface area (Å²) in [4.78, 5) is 49.4. The molecule has 3 aliphatic heterocycles. The van der Waals surface area contributed by atoms with E-state index in [1.54, 1.807) is 0 Å². The van der Waals surface area contributed by atoms with Crippen molar-refractivity contribution in [3.63, 3.8) is 0 Å². The highest BCUT2D eigenvalue weighted by Crippen LogP contribution is 2.24. The van der Waals surface area contributed by atoms with Gasteiger partial charge in [0.05, 0.1) is 30.0 Å². The molecule has 2 saturated heterocycles. The van der Waals surface area contributed by atoms with Crippen LogP contribution in [0.15, 0.2) is 30.4 Å². The highest BCUT2D eigenvalue weighted by molar-refractivity contribution is 6.28. The number of amides is 2. The standard InChI is InChI=1S/C18H15NO8/c20-15-1-2-16(21)19(15)12-4-10(17(22)26-8-13-6-24-13)3-11(5-12)18(23)27-9-14-7-25-14/h1-5,13-14H,6-9H2. The third-order valence-electron chi connectivity index (χ3n) is 4.06. The summed E-state index contributed by atoms with van der Waals surface area (Å²) >= 11 is 0. The van der Waals surface area contributed by atoms with Crippen LogP contribution in [0.5, 0.6) is 0 Å². The van der Waals surface area contributed by atoms with Crippen molar-refractivity contribution in [1.29, 1.82) is 0 Å². The van der Waals surface area contributed by atoms with Crippen LogP contribution in [0, 0.1) is 0 Å². The number of anilines is 1. The zero-order valence-electron chi connectivity index (χ0n) is 14.1. The number of hydrogen-bond acceptors (Lipinski definition) is 8. The van der Waals surface area contributed by atoms with Crippen LogP contribution >= 0.6 is 0 Å². The van der Waals surface area contributed by atoms with Crippen molar-refractivity contribution in [3.8, 4) is 0 Å². The Balaban J connectivity index is 1.60. The van der Waals surface area contributed by atoms with Gasteiger partial charge in [-0.05, 0) is 18.2 Å². The number of rotatable bonds is 7. The van der Waals surface area contributed by atoms with Gasteiger partial charge in [0.15, 0.2) is 0 Å². The first kappa shape index (κ1) is 17.4. The molecule has 27 heavy (non-hydrogen) atoms. The number of epoxide rings is 2. The van der Waals surface area contributed by atoms with E-state index in [1.807, 2.05) is 0 Å². The molecule has 140 valence electrons. The van der Waals surface area contributed by atoms with Crippen molar-refractivity contribution in [2.24, 2.45) is 0 Å². The number of hydrogen-bond donors (Lipinski definition) is 0. The smallest absolute Gasteiger partial charge is 0.338 e. The molecule has 4 rings (SSSR count). The van der Waals surface area contributed by atoms with E-state index in [2.05, 4.69) is 0 Å². The maximum absolute atomic E-state index is 12.3. The van der Waals surface area contributed by atoms with Crippen LogP contribution in [0.25, 0.3) is 0 Å². The van der Waals surface area contributed by atoms with E-state index < -0.39 is 23.8 Å². The van der Waals surface area contributed by atoms with E-state index in [9.17, 15) is 19.2 Å². The number of carbonyl (C=O) groups is 4. The Kier molecular flexibility index (Phi) is 4.46. The molecular weight excluding hydrogens is 358 g/mol. The molecule has 1 aromatic rings. The van der Waals surface area contributed by atoms with Crippen molar-refractivity contribution in [1.82, 2.24) is 0 Å². The second kappa shape index (κ2) is 6.93. The van der Waals surface area contributed by atoms with Gasteiger partial charge >= 0.3 is 11.9 Å². The van der Waals surface area contributed by atoms with Gasteiger partial charge in [-0.3, -0.25) is 9.59 Å². The van der Waals surface area contributed by atoms with Crippen LogP contribution in [0.4, 0.5) is 5.69 Å².